The molecule has 0 bridgehead atoms. The van der Waals surface area contributed by atoms with E-state index in [9.17, 15) is 13.0 Å². The van der Waals surface area contributed by atoms with Gasteiger partial charge in [-0.25, -0.2) is 8.42 Å². The monoisotopic (exact) mass is 386 g/mol. The Bertz CT molecular complexity index is 382. The molecule has 0 N–H and O–H groups in total. The molecule has 1 atom stereocenters. The maximum Gasteiger partial charge on any atom is 1.00 e. The van der Waals surface area contributed by atoms with Crippen molar-refractivity contribution in [3.63, 3.8) is 0 Å². The third kappa shape index (κ3) is 21.3. The summed E-state index contributed by atoms with van der Waals surface area (Å²) in [6.07, 6.45) is 18.1. The molecule has 0 amide bonds. The Labute approximate surface area is 192 Å². The maximum absolute atomic E-state index is 10.6. The fraction of sp³-hybridized carbons (Fsp3) is 0.889. The Morgan fingerprint density at radius 3 is 2.00 bits per heavy atom. The summed E-state index contributed by atoms with van der Waals surface area (Å²) in [5.41, 5.74) is 0. The van der Waals surface area contributed by atoms with Gasteiger partial charge < -0.3 is 4.55 Å². The molecule has 24 heavy (non-hydrogen) atoms. The second-order valence-corrected chi connectivity index (χ2v) is 7.34. The first-order chi connectivity index (χ1) is 11.0. The molecule has 0 radical (unpaired) electrons. The number of allylic oxidation sites excluding steroid dienone is 1. The first kappa shape index (κ1) is 27.5. The standard InChI is InChI=1S/C18H36O4S.K/c1-3-5-7-9-10-12-14-16-18(17-22-23(19,20)21)15-13-11-8-6-4-2;/h14,16,18H,3-13,15,17H2,1-2H3,(H,19,20,21);/q;+1/p-1/b16-14+;. The predicted octanol–water partition coefficient (Wildman–Crippen LogP) is 2.36. The molecule has 4 nitrogen and oxygen atoms in total. The van der Waals surface area contributed by atoms with Crippen molar-refractivity contribution in [2.45, 2.75) is 90.9 Å². The van der Waals surface area contributed by atoms with E-state index in [4.69, 9.17) is 0 Å². The van der Waals surface area contributed by atoms with E-state index in [-0.39, 0.29) is 63.9 Å². The summed E-state index contributed by atoms with van der Waals surface area (Å²) < 4.78 is 36.3. The smallest absolute Gasteiger partial charge is 0.726 e. The first-order valence-corrected chi connectivity index (χ1v) is 10.6. The Hall–Kier alpha value is 1.25. The second kappa shape index (κ2) is 19.0. The van der Waals surface area contributed by atoms with Gasteiger partial charge in [-0.3, -0.25) is 4.18 Å². The average molecular weight is 387 g/mol. The van der Waals surface area contributed by atoms with Gasteiger partial charge in [-0.05, 0) is 19.3 Å². The van der Waals surface area contributed by atoms with E-state index in [1.807, 2.05) is 6.08 Å². The summed E-state index contributed by atoms with van der Waals surface area (Å²) >= 11 is 0. The molecule has 0 aliphatic heterocycles. The molecule has 0 aromatic rings. The van der Waals surface area contributed by atoms with Crippen molar-refractivity contribution in [3.8, 4) is 0 Å². The van der Waals surface area contributed by atoms with Gasteiger partial charge in [0.1, 0.15) is 0 Å². The van der Waals surface area contributed by atoms with Gasteiger partial charge in [0.25, 0.3) is 0 Å². The zero-order chi connectivity index (χ0) is 17.4. The first-order valence-electron chi connectivity index (χ1n) is 9.26. The third-order valence-corrected chi connectivity index (χ3v) is 4.41. The zero-order valence-electron chi connectivity index (χ0n) is 16.0. The van der Waals surface area contributed by atoms with E-state index in [0.29, 0.717) is 0 Å². The molecule has 0 rings (SSSR count). The normalized spacial score (nSPS) is 13.1. The summed E-state index contributed by atoms with van der Waals surface area (Å²) in [6, 6.07) is 0. The molecular formula is C18H35KO4S. The second-order valence-electron chi connectivity index (χ2n) is 6.29. The van der Waals surface area contributed by atoms with Gasteiger partial charge in [0.2, 0.25) is 10.4 Å². The Kier molecular flexibility index (Phi) is 21.8. The van der Waals surface area contributed by atoms with Crippen molar-refractivity contribution in [2.75, 3.05) is 6.61 Å². The number of hydrogen-bond donors (Lipinski definition) is 0. The van der Waals surface area contributed by atoms with Gasteiger partial charge in [-0.15, -0.1) is 0 Å². The van der Waals surface area contributed by atoms with Crippen LogP contribution in [0, 0.1) is 5.92 Å². The fourth-order valence-corrected chi connectivity index (χ4v) is 2.91. The van der Waals surface area contributed by atoms with Crippen LogP contribution in [-0.2, 0) is 14.6 Å². The van der Waals surface area contributed by atoms with E-state index in [2.05, 4.69) is 24.1 Å². The number of unbranched alkanes of at least 4 members (excludes halogenated alkanes) is 9. The van der Waals surface area contributed by atoms with Gasteiger partial charge in [-0.1, -0.05) is 83.8 Å². The van der Waals surface area contributed by atoms with E-state index >= 15 is 0 Å². The molecule has 6 heteroatoms. The molecule has 0 aliphatic carbocycles. The van der Waals surface area contributed by atoms with E-state index in [1.165, 1.54) is 51.4 Å². The molecule has 138 valence electrons. The summed E-state index contributed by atoms with van der Waals surface area (Å²) in [6.45, 7) is 4.36. The number of hydrogen-bond acceptors (Lipinski definition) is 4. The molecule has 0 saturated heterocycles. The van der Waals surface area contributed by atoms with Crippen LogP contribution in [0.3, 0.4) is 0 Å². The van der Waals surface area contributed by atoms with Gasteiger partial charge in [0.15, 0.2) is 0 Å². The quantitative estimate of drug-likeness (QED) is 0.134. The molecule has 0 aromatic carbocycles. The minimum Gasteiger partial charge on any atom is -0.726 e. The minimum absolute atomic E-state index is 0. The largest absolute Gasteiger partial charge is 1.00 e. The molecular weight excluding hydrogens is 351 g/mol. The van der Waals surface area contributed by atoms with Crippen LogP contribution in [0.4, 0.5) is 0 Å². The summed E-state index contributed by atoms with van der Waals surface area (Å²) in [4.78, 5) is 0. The van der Waals surface area contributed by atoms with Crippen LogP contribution in [0.2, 0.25) is 0 Å². The molecule has 0 fully saturated rings. The summed E-state index contributed by atoms with van der Waals surface area (Å²) in [5, 5.41) is 0. The summed E-state index contributed by atoms with van der Waals surface area (Å²) in [5.74, 6) is 0.0241. The van der Waals surface area contributed by atoms with Gasteiger partial charge in [-0.2, -0.15) is 0 Å². The van der Waals surface area contributed by atoms with Crippen LogP contribution < -0.4 is 51.4 Å². The molecule has 0 saturated carbocycles. The fourth-order valence-electron chi connectivity index (χ4n) is 2.57. The van der Waals surface area contributed by atoms with E-state index < -0.39 is 10.4 Å². The van der Waals surface area contributed by atoms with Gasteiger partial charge in [0.05, 0.1) is 6.61 Å². The van der Waals surface area contributed by atoms with Crippen LogP contribution in [0.15, 0.2) is 12.2 Å². The van der Waals surface area contributed by atoms with Crippen molar-refractivity contribution in [2.24, 2.45) is 5.92 Å². The third-order valence-electron chi connectivity index (χ3n) is 3.99. The predicted molar refractivity (Wildman–Crippen MR) is 95.0 cm³/mol. The Morgan fingerprint density at radius 1 is 0.917 bits per heavy atom. The summed E-state index contributed by atoms with van der Waals surface area (Å²) in [7, 11) is -4.59. The zero-order valence-corrected chi connectivity index (χ0v) is 19.9. The minimum atomic E-state index is -4.59. The van der Waals surface area contributed by atoms with E-state index in [0.717, 1.165) is 25.7 Å². The van der Waals surface area contributed by atoms with Crippen LogP contribution in [0.1, 0.15) is 90.9 Å². The van der Waals surface area contributed by atoms with E-state index in [1.54, 1.807) is 0 Å². The maximum atomic E-state index is 10.6. The van der Waals surface area contributed by atoms with Crippen molar-refractivity contribution < 1.29 is 68.5 Å². The van der Waals surface area contributed by atoms with Crippen molar-refractivity contribution in [3.05, 3.63) is 12.2 Å². The molecule has 0 aliphatic rings. The average Bonchev–Trinajstić information content (AvgIpc) is 2.49. The molecule has 0 aromatic heterocycles. The molecule has 0 heterocycles. The van der Waals surface area contributed by atoms with Gasteiger partial charge in [0, 0.05) is 5.92 Å². The van der Waals surface area contributed by atoms with Crippen molar-refractivity contribution >= 4 is 10.4 Å². The van der Waals surface area contributed by atoms with Crippen molar-refractivity contribution in [1.82, 2.24) is 0 Å². The Morgan fingerprint density at radius 2 is 1.46 bits per heavy atom. The topological polar surface area (TPSA) is 66.4 Å². The van der Waals surface area contributed by atoms with Crippen LogP contribution >= 0.6 is 0 Å². The number of rotatable bonds is 16. The molecule has 1 unspecified atom stereocenters. The van der Waals surface area contributed by atoms with Crippen LogP contribution in [0.5, 0.6) is 0 Å². The molecule has 0 spiro atoms. The Balaban J connectivity index is 0. The van der Waals surface area contributed by atoms with Gasteiger partial charge >= 0.3 is 51.4 Å². The van der Waals surface area contributed by atoms with Crippen LogP contribution in [0.25, 0.3) is 0 Å². The van der Waals surface area contributed by atoms with Crippen molar-refractivity contribution in [1.29, 1.82) is 0 Å². The SMILES string of the molecule is CCCCCCC/C=C/C(CCCCCCC)COS(=O)(=O)[O-].[K+]. The van der Waals surface area contributed by atoms with Crippen LogP contribution in [-0.4, -0.2) is 19.6 Å².